The Bertz CT molecular complexity index is 643. The number of nitrogens with one attached hydrogen (secondary N) is 1. The summed E-state index contributed by atoms with van der Waals surface area (Å²) in [6, 6.07) is 6.99. The van der Waals surface area contributed by atoms with Gasteiger partial charge in [-0.3, -0.25) is 4.98 Å². The Morgan fingerprint density at radius 1 is 1.37 bits per heavy atom. The van der Waals surface area contributed by atoms with Crippen LogP contribution < -0.4 is 5.69 Å². The van der Waals surface area contributed by atoms with Crippen molar-refractivity contribution in [2.24, 2.45) is 0 Å². The van der Waals surface area contributed by atoms with E-state index in [0.29, 0.717) is 5.69 Å². The highest BCUT2D eigenvalue weighted by atomic mass is 79.9. The van der Waals surface area contributed by atoms with Gasteiger partial charge in [0.25, 0.3) is 0 Å². The summed E-state index contributed by atoms with van der Waals surface area (Å²) in [4.78, 5) is 25.7. The van der Waals surface area contributed by atoms with E-state index in [1.807, 2.05) is 0 Å². The van der Waals surface area contributed by atoms with E-state index in [1.165, 1.54) is 0 Å². The van der Waals surface area contributed by atoms with Gasteiger partial charge in [0.15, 0.2) is 0 Å². The first-order valence-corrected chi connectivity index (χ1v) is 6.43. The summed E-state index contributed by atoms with van der Waals surface area (Å²) < 4.78 is 6.97. The summed E-state index contributed by atoms with van der Waals surface area (Å²) in [5.74, 6) is -0.760. The molecule has 1 aromatic carbocycles. The Morgan fingerprint density at radius 3 is 2.58 bits per heavy atom. The van der Waals surface area contributed by atoms with E-state index in [2.05, 4.69) is 26.0 Å². The first-order chi connectivity index (χ1) is 8.97. The zero-order valence-corrected chi connectivity index (χ0v) is 12.0. The van der Waals surface area contributed by atoms with E-state index in [4.69, 9.17) is 4.74 Å². The van der Waals surface area contributed by atoms with Crippen molar-refractivity contribution in [3.05, 3.63) is 45.0 Å². The number of H-pyrrole nitrogens is 1. The molecule has 0 aliphatic rings. The van der Waals surface area contributed by atoms with Crippen LogP contribution in [0, 0.1) is 0 Å². The number of aromatic amines is 1. The van der Waals surface area contributed by atoms with E-state index in [-0.39, 0.29) is 11.9 Å². The highest BCUT2D eigenvalue weighted by Crippen LogP contribution is 2.12. The molecule has 0 bridgehead atoms. The van der Waals surface area contributed by atoms with E-state index >= 15 is 0 Å². The molecule has 0 unspecified atom stereocenters. The number of carbonyl (C=O) groups is 1. The van der Waals surface area contributed by atoms with Crippen LogP contribution >= 0.6 is 15.9 Å². The van der Waals surface area contributed by atoms with E-state index in [9.17, 15) is 9.59 Å². The number of carbonyl (C=O) groups excluding carboxylic acids is 1. The van der Waals surface area contributed by atoms with Gasteiger partial charge in [0.2, 0.25) is 5.82 Å². The fourth-order valence-corrected chi connectivity index (χ4v) is 1.71. The fraction of sp³-hybridized carbons (Fsp3) is 0.250. The van der Waals surface area contributed by atoms with Gasteiger partial charge in [0.05, 0.1) is 11.8 Å². The Hall–Kier alpha value is -1.89. The molecule has 1 N–H and O–H groups in total. The number of aromatic nitrogens is 3. The molecule has 6 nitrogen and oxygen atoms in total. The lowest BCUT2D eigenvalue weighted by Gasteiger charge is -2.04. The smallest absolute Gasteiger partial charge is 0.376 e. The molecule has 0 radical (unpaired) electrons. The Morgan fingerprint density at radius 2 is 2.00 bits per heavy atom. The third kappa shape index (κ3) is 3.11. The highest BCUT2D eigenvalue weighted by Gasteiger charge is 2.16. The van der Waals surface area contributed by atoms with Gasteiger partial charge in [-0.05, 0) is 38.1 Å². The van der Waals surface area contributed by atoms with Gasteiger partial charge in [0.1, 0.15) is 0 Å². The number of rotatable bonds is 3. The van der Waals surface area contributed by atoms with Gasteiger partial charge in [0, 0.05) is 4.47 Å². The summed E-state index contributed by atoms with van der Waals surface area (Å²) in [7, 11) is 0. The summed E-state index contributed by atoms with van der Waals surface area (Å²) in [6.07, 6.45) is -0.270. The molecule has 0 spiro atoms. The van der Waals surface area contributed by atoms with Crippen LogP contribution in [0.4, 0.5) is 0 Å². The predicted octanol–water partition coefficient (Wildman–Crippen LogP) is 1.89. The van der Waals surface area contributed by atoms with Gasteiger partial charge in [-0.15, -0.1) is 5.10 Å². The third-order valence-electron chi connectivity index (χ3n) is 2.22. The van der Waals surface area contributed by atoms with Gasteiger partial charge in [-0.1, -0.05) is 15.9 Å². The number of hydrogen-bond acceptors (Lipinski definition) is 4. The van der Waals surface area contributed by atoms with Crippen molar-refractivity contribution in [3.8, 4) is 5.69 Å². The molecule has 0 aliphatic carbocycles. The molecular formula is C12H12BrN3O3. The third-order valence-corrected chi connectivity index (χ3v) is 2.75. The van der Waals surface area contributed by atoms with Crippen molar-refractivity contribution in [1.29, 1.82) is 0 Å². The topological polar surface area (TPSA) is 77.0 Å². The van der Waals surface area contributed by atoms with Crippen molar-refractivity contribution in [3.63, 3.8) is 0 Å². The zero-order valence-electron chi connectivity index (χ0n) is 10.4. The van der Waals surface area contributed by atoms with Gasteiger partial charge in [-0.2, -0.15) is 4.68 Å². The number of halogens is 1. The monoisotopic (exact) mass is 325 g/mol. The molecule has 0 saturated carbocycles. The molecule has 0 atom stereocenters. The lowest BCUT2D eigenvalue weighted by Crippen LogP contribution is -2.15. The van der Waals surface area contributed by atoms with Gasteiger partial charge >= 0.3 is 11.7 Å². The second kappa shape index (κ2) is 5.40. The maximum absolute atomic E-state index is 11.7. The molecule has 2 rings (SSSR count). The van der Waals surface area contributed by atoms with Crippen LogP contribution in [0.5, 0.6) is 0 Å². The summed E-state index contributed by atoms with van der Waals surface area (Å²) >= 11 is 3.30. The minimum atomic E-state index is -0.650. The fourth-order valence-electron chi connectivity index (χ4n) is 1.44. The van der Waals surface area contributed by atoms with Crippen LogP contribution in [0.3, 0.4) is 0 Å². The molecule has 0 aliphatic heterocycles. The van der Waals surface area contributed by atoms with Crippen LogP contribution in [0.25, 0.3) is 5.69 Å². The first-order valence-electron chi connectivity index (χ1n) is 5.63. The summed E-state index contributed by atoms with van der Waals surface area (Å²) in [5.41, 5.74) is 0.0751. The Balaban J connectivity index is 2.34. The summed E-state index contributed by atoms with van der Waals surface area (Å²) in [5, 5.41) is 3.92. The number of nitrogens with zero attached hydrogens (tertiary/aromatic N) is 2. The molecule has 1 aromatic heterocycles. The normalized spacial score (nSPS) is 10.7. The minimum absolute atomic E-state index is 0.110. The van der Waals surface area contributed by atoms with Crippen LogP contribution in [0.2, 0.25) is 0 Å². The van der Waals surface area contributed by atoms with E-state index in [1.54, 1.807) is 38.1 Å². The summed E-state index contributed by atoms with van der Waals surface area (Å²) in [6.45, 7) is 3.45. The number of esters is 1. The van der Waals surface area contributed by atoms with Gasteiger partial charge in [-0.25, -0.2) is 9.59 Å². The Labute approximate surface area is 117 Å². The van der Waals surface area contributed by atoms with Crippen molar-refractivity contribution < 1.29 is 9.53 Å². The molecule has 1 heterocycles. The van der Waals surface area contributed by atoms with Crippen LogP contribution in [-0.2, 0) is 4.74 Å². The zero-order chi connectivity index (χ0) is 14.0. The minimum Gasteiger partial charge on any atom is -0.457 e. The molecule has 0 saturated heterocycles. The molecule has 0 fully saturated rings. The second-order valence-corrected chi connectivity index (χ2v) is 5.04. The quantitative estimate of drug-likeness (QED) is 0.874. The number of ether oxygens (including phenoxy) is 1. The number of benzene rings is 1. The van der Waals surface area contributed by atoms with Crippen molar-refractivity contribution in [2.75, 3.05) is 0 Å². The molecule has 2 aromatic rings. The highest BCUT2D eigenvalue weighted by molar-refractivity contribution is 9.10. The largest absolute Gasteiger partial charge is 0.457 e. The van der Waals surface area contributed by atoms with Crippen molar-refractivity contribution in [1.82, 2.24) is 14.8 Å². The average Bonchev–Trinajstić information content (AvgIpc) is 2.72. The van der Waals surface area contributed by atoms with Crippen LogP contribution in [0.1, 0.15) is 24.5 Å². The predicted molar refractivity (Wildman–Crippen MR) is 72.4 cm³/mol. The van der Waals surface area contributed by atoms with E-state index in [0.717, 1.165) is 9.15 Å². The second-order valence-electron chi connectivity index (χ2n) is 4.12. The molecular weight excluding hydrogens is 314 g/mol. The lowest BCUT2D eigenvalue weighted by molar-refractivity contribution is 0.0363. The lowest BCUT2D eigenvalue weighted by atomic mass is 10.3. The number of hydrogen-bond donors (Lipinski definition) is 1. The average molecular weight is 326 g/mol. The maximum Gasteiger partial charge on any atom is 0.376 e. The maximum atomic E-state index is 11.7. The van der Waals surface area contributed by atoms with Crippen molar-refractivity contribution >= 4 is 21.9 Å². The molecule has 0 amide bonds. The SMILES string of the molecule is CC(C)OC(=O)c1nn(-c2ccc(Br)cc2)c(=O)[nH]1. The van der Waals surface area contributed by atoms with E-state index < -0.39 is 11.7 Å². The van der Waals surface area contributed by atoms with Gasteiger partial charge < -0.3 is 4.74 Å². The molecule has 7 heteroatoms. The standard InChI is InChI=1S/C12H12BrN3O3/c1-7(2)19-11(17)10-14-12(18)16(15-10)9-5-3-8(13)4-6-9/h3-7H,1-2H3,(H,14,15,18). The first kappa shape index (κ1) is 13.5. The van der Waals surface area contributed by atoms with Crippen LogP contribution in [0.15, 0.2) is 33.5 Å². The van der Waals surface area contributed by atoms with Crippen molar-refractivity contribution in [2.45, 2.75) is 20.0 Å². The Kier molecular flexibility index (Phi) is 3.84. The molecule has 100 valence electrons. The molecule has 19 heavy (non-hydrogen) atoms. The van der Waals surface area contributed by atoms with Crippen LogP contribution in [-0.4, -0.2) is 26.8 Å².